The van der Waals surface area contributed by atoms with E-state index < -0.39 is 16.8 Å². The molecule has 0 aliphatic rings. The van der Waals surface area contributed by atoms with E-state index in [1.165, 1.54) is 0 Å². The summed E-state index contributed by atoms with van der Waals surface area (Å²) < 4.78 is 10.7. The molecule has 0 aliphatic heterocycles. The molecule has 0 heterocycles. The van der Waals surface area contributed by atoms with Crippen molar-refractivity contribution in [3.05, 3.63) is 12.7 Å². The van der Waals surface area contributed by atoms with E-state index in [0.717, 1.165) is 6.08 Å². The lowest BCUT2D eigenvalue weighted by Crippen LogP contribution is -2.47. The molecule has 0 radical (unpaired) electrons. The summed E-state index contributed by atoms with van der Waals surface area (Å²) in [7, 11) is 0. The molecule has 0 aliphatic carbocycles. The average Bonchev–Trinajstić information content (AvgIpc) is 2.58. The van der Waals surface area contributed by atoms with Gasteiger partial charge in [0.15, 0.2) is 0 Å². The Bertz CT molecular complexity index is 445. The Kier molecular flexibility index (Phi) is 9.97. The lowest BCUT2D eigenvalue weighted by Gasteiger charge is -2.46. The van der Waals surface area contributed by atoms with Crippen LogP contribution in [0.2, 0.25) is 0 Å². The highest BCUT2D eigenvalue weighted by Gasteiger charge is 2.45. The van der Waals surface area contributed by atoms with Gasteiger partial charge in [0.1, 0.15) is 0 Å². The second kappa shape index (κ2) is 10.6. The number of hydrogen-bond donors (Lipinski definition) is 2. The first-order valence-electron chi connectivity index (χ1n) is 8.89. The van der Waals surface area contributed by atoms with Crippen LogP contribution in [0.1, 0.15) is 53.9 Å². The van der Waals surface area contributed by atoms with Crippen LogP contribution >= 0.6 is 0 Å². The number of aliphatic hydroxyl groups excluding tert-OH is 1. The summed E-state index contributed by atoms with van der Waals surface area (Å²) in [6, 6.07) is -0.271. The van der Waals surface area contributed by atoms with E-state index in [1.54, 1.807) is 6.92 Å². The van der Waals surface area contributed by atoms with E-state index in [2.05, 4.69) is 6.58 Å². The van der Waals surface area contributed by atoms with Crippen molar-refractivity contribution in [3.8, 4) is 0 Å². The molecule has 0 rings (SSSR count). The molecule has 0 fully saturated rings. The van der Waals surface area contributed by atoms with Crippen molar-refractivity contribution >= 4 is 11.9 Å². The second-order valence-electron chi connectivity index (χ2n) is 7.40. The first kappa shape index (κ1) is 23.6. The standard InChI is InChI=1S/C19H35NO5/c1-7-16(22)25-13-19(6,9-3)15(18(5,8-2)12-21)11-24-17(23)10-14(4)20/h7,14-15,21H,1,8-13,20H2,2-6H3. The van der Waals surface area contributed by atoms with Crippen molar-refractivity contribution in [1.29, 1.82) is 0 Å². The van der Waals surface area contributed by atoms with Crippen molar-refractivity contribution in [2.24, 2.45) is 22.5 Å². The Morgan fingerprint density at radius 3 is 2.16 bits per heavy atom. The Labute approximate surface area is 151 Å². The van der Waals surface area contributed by atoms with Crippen molar-refractivity contribution in [1.82, 2.24) is 0 Å². The highest BCUT2D eigenvalue weighted by Crippen LogP contribution is 2.45. The monoisotopic (exact) mass is 357 g/mol. The largest absolute Gasteiger partial charge is 0.465 e. The number of esters is 2. The SMILES string of the molecule is C=CC(=O)OCC(C)(CC)C(COC(=O)CC(C)N)C(C)(CC)CO. The van der Waals surface area contributed by atoms with E-state index in [1.807, 2.05) is 27.7 Å². The smallest absolute Gasteiger partial charge is 0.330 e. The highest BCUT2D eigenvalue weighted by molar-refractivity contribution is 5.81. The second-order valence-corrected chi connectivity index (χ2v) is 7.40. The van der Waals surface area contributed by atoms with Gasteiger partial charge in [-0.25, -0.2) is 4.79 Å². The third-order valence-electron chi connectivity index (χ3n) is 5.27. The van der Waals surface area contributed by atoms with Crippen LogP contribution in [0.5, 0.6) is 0 Å². The van der Waals surface area contributed by atoms with E-state index in [0.29, 0.717) is 12.8 Å². The van der Waals surface area contributed by atoms with E-state index in [4.69, 9.17) is 15.2 Å². The lowest BCUT2D eigenvalue weighted by molar-refractivity contribution is -0.157. The topological polar surface area (TPSA) is 98.9 Å². The van der Waals surface area contributed by atoms with Gasteiger partial charge in [0, 0.05) is 30.1 Å². The quantitative estimate of drug-likeness (QED) is 0.411. The van der Waals surface area contributed by atoms with Gasteiger partial charge in [-0.05, 0) is 25.2 Å². The predicted octanol–water partition coefficient (Wildman–Crippen LogP) is 2.44. The molecule has 0 aromatic carbocycles. The van der Waals surface area contributed by atoms with Gasteiger partial charge < -0.3 is 20.3 Å². The first-order chi connectivity index (χ1) is 11.6. The number of nitrogens with two attached hydrogens (primary N) is 1. The zero-order valence-electron chi connectivity index (χ0n) is 16.3. The van der Waals surface area contributed by atoms with Gasteiger partial charge in [0.25, 0.3) is 0 Å². The van der Waals surface area contributed by atoms with Gasteiger partial charge >= 0.3 is 11.9 Å². The predicted molar refractivity (Wildman–Crippen MR) is 97.8 cm³/mol. The molecule has 0 bridgehead atoms. The number of rotatable bonds is 12. The minimum absolute atomic E-state index is 0.0516. The minimum atomic E-state index is -0.491. The maximum Gasteiger partial charge on any atom is 0.330 e. The third kappa shape index (κ3) is 7.16. The summed E-state index contributed by atoms with van der Waals surface area (Å²) >= 11 is 0. The van der Waals surface area contributed by atoms with Crippen molar-refractivity contribution in [2.45, 2.75) is 59.9 Å². The Morgan fingerprint density at radius 2 is 1.76 bits per heavy atom. The van der Waals surface area contributed by atoms with E-state index >= 15 is 0 Å². The number of carbonyl (C=O) groups excluding carboxylic acids is 2. The van der Waals surface area contributed by atoms with Gasteiger partial charge in [-0.2, -0.15) is 0 Å². The third-order valence-corrected chi connectivity index (χ3v) is 5.27. The number of carbonyl (C=O) groups is 2. The molecule has 3 N–H and O–H groups in total. The zero-order valence-corrected chi connectivity index (χ0v) is 16.3. The summed E-state index contributed by atoms with van der Waals surface area (Å²) in [5, 5.41) is 9.96. The Balaban J connectivity index is 5.42. The highest BCUT2D eigenvalue weighted by atomic mass is 16.5. The van der Waals surface area contributed by atoms with Crippen molar-refractivity contribution in [3.63, 3.8) is 0 Å². The minimum Gasteiger partial charge on any atom is -0.465 e. The van der Waals surface area contributed by atoms with Crippen molar-refractivity contribution in [2.75, 3.05) is 19.8 Å². The zero-order chi connectivity index (χ0) is 19.7. The molecule has 0 saturated carbocycles. The molecule has 4 atom stereocenters. The molecule has 25 heavy (non-hydrogen) atoms. The number of ether oxygens (including phenoxy) is 2. The Morgan fingerprint density at radius 1 is 1.20 bits per heavy atom. The summed E-state index contributed by atoms with van der Waals surface area (Å²) in [6.07, 6.45) is 2.66. The molecule has 146 valence electrons. The van der Waals surface area contributed by atoms with Gasteiger partial charge in [-0.3, -0.25) is 4.79 Å². The fourth-order valence-electron chi connectivity index (χ4n) is 2.95. The van der Waals surface area contributed by atoms with Crippen LogP contribution in [0, 0.1) is 16.7 Å². The molecule has 6 heteroatoms. The lowest BCUT2D eigenvalue weighted by atomic mass is 9.62. The Hall–Kier alpha value is -1.40. The molecule has 4 unspecified atom stereocenters. The van der Waals surface area contributed by atoms with Gasteiger partial charge in [-0.15, -0.1) is 0 Å². The van der Waals surface area contributed by atoms with Crippen LogP contribution in [-0.2, 0) is 19.1 Å². The van der Waals surface area contributed by atoms with Crippen LogP contribution in [0.4, 0.5) is 0 Å². The van der Waals surface area contributed by atoms with Crippen LogP contribution in [0.3, 0.4) is 0 Å². The molecule has 0 aromatic rings. The summed E-state index contributed by atoms with van der Waals surface area (Å²) in [4.78, 5) is 23.4. The molecule has 6 nitrogen and oxygen atoms in total. The number of aliphatic hydroxyl groups is 1. The first-order valence-corrected chi connectivity index (χ1v) is 8.89. The summed E-state index contributed by atoms with van der Waals surface area (Å²) in [5.74, 6) is -1.04. The maximum absolute atomic E-state index is 11.9. The van der Waals surface area contributed by atoms with Crippen molar-refractivity contribution < 1.29 is 24.2 Å². The van der Waals surface area contributed by atoms with Crippen LogP contribution in [0.25, 0.3) is 0 Å². The van der Waals surface area contributed by atoms with Gasteiger partial charge in [0.2, 0.25) is 0 Å². The fourth-order valence-corrected chi connectivity index (χ4v) is 2.95. The maximum atomic E-state index is 11.9. The van der Waals surface area contributed by atoms with E-state index in [-0.39, 0.29) is 44.2 Å². The molecule has 0 saturated heterocycles. The molecular weight excluding hydrogens is 322 g/mol. The van der Waals surface area contributed by atoms with E-state index in [9.17, 15) is 14.7 Å². The summed E-state index contributed by atoms with van der Waals surface area (Å²) in [5.41, 5.74) is 4.71. The molecule has 0 aromatic heterocycles. The van der Waals surface area contributed by atoms with Gasteiger partial charge in [0.05, 0.1) is 19.6 Å². The fraction of sp³-hybridized carbons (Fsp3) is 0.789. The van der Waals surface area contributed by atoms with Gasteiger partial charge in [-0.1, -0.05) is 34.3 Å². The summed E-state index contributed by atoms with van der Waals surface area (Å²) in [6.45, 7) is 13.3. The number of hydrogen-bond acceptors (Lipinski definition) is 6. The molecular formula is C19H35NO5. The van der Waals surface area contributed by atoms with Crippen LogP contribution < -0.4 is 5.73 Å². The van der Waals surface area contributed by atoms with Crippen LogP contribution in [0.15, 0.2) is 12.7 Å². The average molecular weight is 357 g/mol. The molecule has 0 spiro atoms. The normalized spacial score (nSPS) is 18.4. The van der Waals surface area contributed by atoms with Crippen LogP contribution in [-0.4, -0.2) is 42.9 Å². The molecule has 0 amide bonds.